The highest BCUT2D eigenvalue weighted by molar-refractivity contribution is 6.31. The van der Waals surface area contributed by atoms with Gasteiger partial charge in [0.1, 0.15) is 0 Å². The molecule has 0 aliphatic carbocycles. The summed E-state index contributed by atoms with van der Waals surface area (Å²) in [4.78, 5) is 22.0. The van der Waals surface area contributed by atoms with E-state index in [1.54, 1.807) is 17.0 Å². The molecule has 0 saturated carbocycles. The standard InChI is InChI=1S/C14H15ClN4O/c1-9-4-5-11(6-12(9)15)18-13(20)10-7-16-14(17-8-10)19(2)3/h4-8H,1-3H3,(H,18,20). The molecule has 0 saturated heterocycles. The summed E-state index contributed by atoms with van der Waals surface area (Å²) in [5.74, 6) is 0.287. The average Bonchev–Trinajstić information content (AvgIpc) is 2.43. The van der Waals surface area contributed by atoms with Gasteiger partial charge in [0, 0.05) is 37.2 Å². The Morgan fingerprint density at radius 3 is 2.45 bits per heavy atom. The molecule has 0 radical (unpaired) electrons. The molecule has 0 fully saturated rings. The molecule has 5 nitrogen and oxygen atoms in total. The summed E-state index contributed by atoms with van der Waals surface area (Å²) < 4.78 is 0. The van der Waals surface area contributed by atoms with Crippen LogP contribution < -0.4 is 10.2 Å². The smallest absolute Gasteiger partial charge is 0.258 e. The number of carbonyl (C=O) groups is 1. The molecule has 20 heavy (non-hydrogen) atoms. The SMILES string of the molecule is Cc1ccc(NC(=O)c2cnc(N(C)C)nc2)cc1Cl. The maximum atomic E-state index is 12.0. The zero-order valence-electron chi connectivity index (χ0n) is 11.5. The fraction of sp³-hybridized carbons (Fsp3) is 0.214. The van der Waals surface area contributed by atoms with Crippen molar-refractivity contribution in [2.45, 2.75) is 6.92 Å². The summed E-state index contributed by atoms with van der Waals surface area (Å²) >= 11 is 6.02. The number of nitrogens with zero attached hydrogens (tertiary/aromatic N) is 3. The Hall–Kier alpha value is -2.14. The molecule has 1 N–H and O–H groups in total. The molecule has 2 aromatic rings. The third-order valence-corrected chi connectivity index (χ3v) is 3.14. The maximum Gasteiger partial charge on any atom is 0.258 e. The molecule has 1 aromatic carbocycles. The zero-order chi connectivity index (χ0) is 14.7. The van der Waals surface area contributed by atoms with E-state index in [0.717, 1.165) is 5.56 Å². The predicted molar refractivity (Wildman–Crippen MR) is 80.5 cm³/mol. The van der Waals surface area contributed by atoms with Crippen molar-refractivity contribution in [1.29, 1.82) is 0 Å². The zero-order valence-corrected chi connectivity index (χ0v) is 12.3. The van der Waals surface area contributed by atoms with Gasteiger partial charge in [0.05, 0.1) is 5.56 Å². The monoisotopic (exact) mass is 290 g/mol. The predicted octanol–water partition coefficient (Wildman–Crippen LogP) is 2.76. The minimum atomic E-state index is -0.268. The van der Waals surface area contributed by atoms with E-state index in [2.05, 4.69) is 15.3 Å². The highest BCUT2D eigenvalue weighted by atomic mass is 35.5. The van der Waals surface area contributed by atoms with Crippen LogP contribution in [0.3, 0.4) is 0 Å². The van der Waals surface area contributed by atoms with E-state index in [1.165, 1.54) is 12.4 Å². The summed E-state index contributed by atoms with van der Waals surface area (Å²) in [6.45, 7) is 1.90. The van der Waals surface area contributed by atoms with Crippen molar-refractivity contribution in [2.24, 2.45) is 0 Å². The number of nitrogens with one attached hydrogen (secondary N) is 1. The van der Waals surface area contributed by atoms with E-state index in [-0.39, 0.29) is 5.91 Å². The second-order valence-corrected chi connectivity index (χ2v) is 4.99. The van der Waals surface area contributed by atoms with E-state index in [0.29, 0.717) is 22.2 Å². The van der Waals surface area contributed by atoms with Crippen LogP contribution in [0.4, 0.5) is 11.6 Å². The van der Waals surface area contributed by atoms with Gasteiger partial charge in [-0.3, -0.25) is 4.79 Å². The Morgan fingerprint density at radius 1 is 1.25 bits per heavy atom. The lowest BCUT2D eigenvalue weighted by Crippen LogP contribution is -2.16. The first kappa shape index (κ1) is 14.3. The normalized spacial score (nSPS) is 10.2. The molecule has 0 aliphatic rings. The maximum absolute atomic E-state index is 12.0. The Kier molecular flexibility index (Phi) is 4.20. The number of aromatic nitrogens is 2. The molecule has 6 heteroatoms. The molecule has 0 atom stereocenters. The molecule has 0 aliphatic heterocycles. The average molecular weight is 291 g/mol. The number of hydrogen-bond donors (Lipinski definition) is 1. The molecule has 104 valence electrons. The number of aryl methyl sites for hydroxylation is 1. The van der Waals surface area contributed by atoms with Crippen molar-refractivity contribution in [2.75, 3.05) is 24.3 Å². The number of halogens is 1. The number of rotatable bonds is 3. The van der Waals surface area contributed by atoms with Gasteiger partial charge < -0.3 is 10.2 Å². The lowest BCUT2D eigenvalue weighted by Gasteiger charge is -2.10. The van der Waals surface area contributed by atoms with Crippen LogP contribution in [0.15, 0.2) is 30.6 Å². The van der Waals surface area contributed by atoms with E-state index in [1.807, 2.05) is 27.1 Å². The quantitative estimate of drug-likeness (QED) is 0.944. The number of hydrogen-bond acceptors (Lipinski definition) is 4. The van der Waals surface area contributed by atoms with Gasteiger partial charge >= 0.3 is 0 Å². The summed E-state index contributed by atoms with van der Waals surface area (Å²) in [6.07, 6.45) is 2.99. The summed E-state index contributed by atoms with van der Waals surface area (Å²) in [5.41, 5.74) is 2.00. The molecule has 1 aromatic heterocycles. The van der Waals surface area contributed by atoms with Gasteiger partial charge in [-0.1, -0.05) is 17.7 Å². The minimum Gasteiger partial charge on any atom is -0.347 e. The van der Waals surface area contributed by atoms with Crippen LogP contribution in [0.2, 0.25) is 5.02 Å². The minimum absolute atomic E-state index is 0.268. The van der Waals surface area contributed by atoms with Crippen LogP contribution in [0, 0.1) is 6.92 Å². The van der Waals surface area contributed by atoms with E-state index in [4.69, 9.17) is 11.6 Å². The van der Waals surface area contributed by atoms with Crippen molar-refractivity contribution in [3.63, 3.8) is 0 Å². The van der Waals surface area contributed by atoms with E-state index in [9.17, 15) is 4.79 Å². The van der Waals surface area contributed by atoms with Gasteiger partial charge in [0.25, 0.3) is 5.91 Å². The lowest BCUT2D eigenvalue weighted by atomic mass is 10.2. The number of amides is 1. The van der Waals surface area contributed by atoms with Gasteiger partial charge in [0.2, 0.25) is 5.95 Å². The molecule has 1 amide bonds. The molecular weight excluding hydrogens is 276 g/mol. The van der Waals surface area contributed by atoms with Crippen LogP contribution in [0.25, 0.3) is 0 Å². The molecule has 0 bridgehead atoms. The van der Waals surface area contributed by atoms with E-state index < -0.39 is 0 Å². The van der Waals surface area contributed by atoms with Crippen LogP contribution in [-0.2, 0) is 0 Å². The Balaban J connectivity index is 2.13. The van der Waals surface area contributed by atoms with Crippen LogP contribution in [0.1, 0.15) is 15.9 Å². The van der Waals surface area contributed by atoms with Crippen molar-refractivity contribution in [3.8, 4) is 0 Å². The first-order valence-corrected chi connectivity index (χ1v) is 6.42. The van der Waals surface area contributed by atoms with Crippen molar-refractivity contribution >= 4 is 29.1 Å². The Bertz CT molecular complexity index is 626. The van der Waals surface area contributed by atoms with E-state index >= 15 is 0 Å². The molecule has 2 rings (SSSR count). The molecular formula is C14H15ClN4O. The highest BCUT2D eigenvalue weighted by Crippen LogP contribution is 2.20. The first-order valence-electron chi connectivity index (χ1n) is 6.04. The Morgan fingerprint density at radius 2 is 1.90 bits per heavy atom. The van der Waals surface area contributed by atoms with Crippen LogP contribution in [-0.4, -0.2) is 30.0 Å². The number of benzene rings is 1. The largest absolute Gasteiger partial charge is 0.347 e. The van der Waals surface area contributed by atoms with Gasteiger partial charge in [-0.2, -0.15) is 0 Å². The summed E-state index contributed by atoms with van der Waals surface area (Å²) in [5, 5.41) is 3.37. The molecule has 1 heterocycles. The third kappa shape index (κ3) is 3.24. The van der Waals surface area contributed by atoms with Crippen LogP contribution in [0.5, 0.6) is 0 Å². The Labute approximate surface area is 122 Å². The summed E-state index contributed by atoms with van der Waals surface area (Å²) in [7, 11) is 3.67. The van der Waals surface area contributed by atoms with Crippen molar-refractivity contribution in [3.05, 3.63) is 46.7 Å². The number of carbonyl (C=O) groups excluding carboxylic acids is 1. The molecule has 0 spiro atoms. The number of anilines is 2. The van der Waals surface area contributed by atoms with Gasteiger partial charge in [0.15, 0.2) is 0 Å². The second kappa shape index (κ2) is 5.88. The van der Waals surface area contributed by atoms with Gasteiger partial charge in [-0.05, 0) is 24.6 Å². The summed E-state index contributed by atoms with van der Waals surface area (Å²) in [6, 6.07) is 5.36. The van der Waals surface area contributed by atoms with Gasteiger partial charge in [-0.15, -0.1) is 0 Å². The topological polar surface area (TPSA) is 58.1 Å². The first-order chi connectivity index (χ1) is 9.47. The van der Waals surface area contributed by atoms with Crippen molar-refractivity contribution < 1.29 is 4.79 Å². The highest BCUT2D eigenvalue weighted by Gasteiger charge is 2.09. The van der Waals surface area contributed by atoms with Crippen LogP contribution >= 0.6 is 11.6 Å². The lowest BCUT2D eigenvalue weighted by molar-refractivity contribution is 0.102. The van der Waals surface area contributed by atoms with Crippen molar-refractivity contribution in [1.82, 2.24) is 9.97 Å². The molecule has 0 unspecified atom stereocenters. The third-order valence-electron chi connectivity index (χ3n) is 2.73. The van der Waals surface area contributed by atoms with Gasteiger partial charge in [-0.25, -0.2) is 9.97 Å². The second-order valence-electron chi connectivity index (χ2n) is 4.58. The fourth-order valence-corrected chi connectivity index (χ4v) is 1.72. The fourth-order valence-electron chi connectivity index (χ4n) is 1.54.